The van der Waals surface area contributed by atoms with E-state index in [0.717, 1.165) is 10.9 Å². The van der Waals surface area contributed by atoms with Crippen molar-refractivity contribution < 1.29 is 9.59 Å². The first-order valence-corrected chi connectivity index (χ1v) is 8.86. The quantitative estimate of drug-likeness (QED) is 0.386. The van der Waals surface area contributed by atoms with Crippen molar-refractivity contribution in [3.63, 3.8) is 0 Å². The molecule has 0 aromatic heterocycles. The normalized spacial score (nSPS) is 11.1. The lowest BCUT2D eigenvalue weighted by molar-refractivity contribution is -0.870. The number of hydrogen-bond acceptors (Lipinski definition) is 1. The molecule has 0 unspecified atom stereocenters. The molecule has 124 valence electrons. The standard InChI is InChI=1S/C15H34N.C3H7O/c1-5-6-7-8-9-10-11-12-13-14-15-16(2,3)4;1-2-3-4/h5-15H2,1-4H3;2-3H2,1H3/q+1;-1. The van der Waals surface area contributed by atoms with E-state index in [2.05, 4.69) is 28.1 Å². The number of quaternary nitrogens is 1. The lowest BCUT2D eigenvalue weighted by Gasteiger charge is -2.23. The first-order chi connectivity index (χ1) is 9.47. The SMILES string of the molecule is CCCCCCCCCCCC[N+](C)(C)C.CCC[O-]. The van der Waals surface area contributed by atoms with Gasteiger partial charge in [0, 0.05) is 0 Å². The summed E-state index contributed by atoms with van der Waals surface area (Å²) in [6.45, 7) is 5.55. The molecule has 2 nitrogen and oxygen atoms in total. The highest BCUT2D eigenvalue weighted by Crippen LogP contribution is 2.10. The van der Waals surface area contributed by atoms with Gasteiger partial charge in [0.25, 0.3) is 0 Å². The largest absolute Gasteiger partial charge is 0.854 e. The topological polar surface area (TPSA) is 23.1 Å². The zero-order valence-electron chi connectivity index (χ0n) is 15.0. The van der Waals surface area contributed by atoms with E-state index >= 15 is 0 Å². The van der Waals surface area contributed by atoms with Crippen LogP contribution in [0.15, 0.2) is 0 Å². The van der Waals surface area contributed by atoms with Gasteiger partial charge in [-0.05, 0) is 12.8 Å². The van der Waals surface area contributed by atoms with E-state index < -0.39 is 0 Å². The monoisotopic (exact) mass is 287 g/mol. The van der Waals surface area contributed by atoms with Crippen LogP contribution in [0.2, 0.25) is 0 Å². The Morgan fingerprint density at radius 3 is 1.25 bits per heavy atom. The summed E-state index contributed by atoms with van der Waals surface area (Å²) in [6.07, 6.45) is 15.2. The summed E-state index contributed by atoms with van der Waals surface area (Å²) in [7, 11) is 6.86. The van der Waals surface area contributed by atoms with Gasteiger partial charge in [0.05, 0.1) is 27.7 Å². The first-order valence-electron chi connectivity index (χ1n) is 8.86. The fourth-order valence-electron chi connectivity index (χ4n) is 2.07. The second-order valence-electron chi connectivity index (χ2n) is 6.90. The summed E-state index contributed by atoms with van der Waals surface area (Å²) >= 11 is 0. The van der Waals surface area contributed by atoms with Crippen molar-refractivity contribution in [3.05, 3.63) is 0 Å². The van der Waals surface area contributed by atoms with Gasteiger partial charge in [0.15, 0.2) is 0 Å². The van der Waals surface area contributed by atoms with E-state index in [1.165, 1.54) is 70.8 Å². The predicted octanol–water partition coefficient (Wildman–Crippen LogP) is 4.37. The predicted molar refractivity (Wildman–Crippen MR) is 89.9 cm³/mol. The fourth-order valence-corrected chi connectivity index (χ4v) is 2.07. The van der Waals surface area contributed by atoms with Crippen LogP contribution in [0, 0.1) is 0 Å². The van der Waals surface area contributed by atoms with Crippen molar-refractivity contribution in [3.8, 4) is 0 Å². The summed E-state index contributed by atoms with van der Waals surface area (Å²) in [5, 5.41) is 9.30. The third-order valence-corrected chi connectivity index (χ3v) is 3.39. The lowest BCUT2D eigenvalue weighted by Crippen LogP contribution is -2.35. The zero-order valence-corrected chi connectivity index (χ0v) is 15.0. The van der Waals surface area contributed by atoms with Crippen LogP contribution in [0.3, 0.4) is 0 Å². The van der Waals surface area contributed by atoms with Crippen molar-refractivity contribution >= 4 is 0 Å². The van der Waals surface area contributed by atoms with Crippen molar-refractivity contribution in [2.24, 2.45) is 0 Å². The second-order valence-corrected chi connectivity index (χ2v) is 6.90. The minimum atomic E-state index is 0.0694. The van der Waals surface area contributed by atoms with E-state index in [4.69, 9.17) is 0 Å². The van der Waals surface area contributed by atoms with Crippen molar-refractivity contribution in [1.29, 1.82) is 0 Å². The van der Waals surface area contributed by atoms with Crippen LogP contribution in [-0.2, 0) is 0 Å². The Kier molecular flexibility index (Phi) is 18.8. The molecule has 0 atom stereocenters. The van der Waals surface area contributed by atoms with E-state index in [9.17, 15) is 5.11 Å². The molecule has 0 N–H and O–H groups in total. The Bertz CT molecular complexity index is 161. The molecule has 0 bridgehead atoms. The van der Waals surface area contributed by atoms with E-state index in [0.29, 0.717) is 0 Å². The highest BCUT2D eigenvalue weighted by atomic mass is 16.2. The number of rotatable bonds is 12. The minimum absolute atomic E-state index is 0.0694. The van der Waals surface area contributed by atoms with Gasteiger partial charge in [0.1, 0.15) is 0 Å². The van der Waals surface area contributed by atoms with Gasteiger partial charge in [-0.15, -0.1) is 6.61 Å². The highest BCUT2D eigenvalue weighted by molar-refractivity contribution is 4.47. The fraction of sp³-hybridized carbons (Fsp3) is 1.00. The molecule has 0 amide bonds. The van der Waals surface area contributed by atoms with Gasteiger partial charge in [-0.1, -0.05) is 71.6 Å². The maximum absolute atomic E-state index is 9.30. The van der Waals surface area contributed by atoms with Crippen molar-refractivity contribution in [1.82, 2.24) is 0 Å². The molecular weight excluding hydrogens is 246 g/mol. The molecular formula is C18H41NO. The molecule has 0 aliphatic heterocycles. The molecule has 0 saturated heterocycles. The molecule has 0 rings (SSSR count). The Hall–Kier alpha value is -0.0800. The summed E-state index contributed by atoms with van der Waals surface area (Å²) in [4.78, 5) is 0. The molecule has 0 aromatic carbocycles. The van der Waals surface area contributed by atoms with Crippen molar-refractivity contribution in [2.45, 2.75) is 84.5 Å². The van der Waals surface area contributed by atoms with Gasteiger partial charge in [-0.25, -0.2) is 0 Å². The number of nitrogens with zero attached hydrogens (tertiary/aromatic N) is 1. The van der Waals surface area contributed by atoms with Crippen LogP contribution < -0.4 is 5.11 Å². The van der Waals surface area contributed by atoms with Gasteiger partial charge in [-0.2, -0.15) is 0 Å². The molecule has 20 heavy (non-hydrogen) atoms. The molecule has 0 heterocycles. The van der Waals surface area contributed by atoms with Crippen molar-refractivity contribution in [2.75, 3.05) is 34.3 Å². The lowest BCUT2D eigenvalue weighted by atomic mass is 10.1. The van der Waals surface area contributed by atoms with Crippen LogP contribution in [0.25, 0.3) is 0 Å². The molecule has 0 fully saturated rings. The molecule has 0 spiro atoms. The Morgan fingerprint density at radius 2 is 0.950 bits per heavy atom. The first kappa shape index (κ1) is 22.2. The summed E-state index contributed by atoms with van der Waals surface area (Å²) in [5.41, 5.74) is 0. The van der Waals surface area contributed by atoms with Gasteiger partial charge < -0.3 is 9.59 Å². The Labute approximate surface area is 129 Å². The number of unbranched alkanes of at least 4 members (excludes halogenated alkanes) is 9. The molecule has 0 aromatic rings. The van der Waals surface area contributed by atoms with Gasteiger partial charge in [-0.3, -0.25) is 0 Å². The van der Waals surface area contributed by atoms with Gasteiger partial charge >= 0.3 is 0 Å². The van der Waals surface area contributed by atoms with Crippen LogP contribution in [0.4, 0.5) is 0 Å². The second kappa shape index (κ2) is 17.0. The minimum Gasteiger partial charge on any atom is -0.854 e. The molecule has 2 heteroatoms. The molecule has 0 aliphatic carbocycles. The summed E-state index contributed by atoms with van der Waals surface area (Å²) < 4.78 is 1.12. The van der Waals surface area contributed by atoms with Gasteiger partial charge in [0.2, 0.25) is 0 Å². The Morgan fingerprint density at radius 1 is 0.600 bits per heavy atom. The molecule has 0 saturated carbocycles. The maximum atomic E-state index is 9.30. The summed E-state index contributed by atoms with van der Waals surface area (Å²) in [6, 6.07) is 0. The maximum Gasteiger partial charge on any atom is 0.0780 e. The third-order valence-electron chi connectivity index (χ3n) is 3.39. The smallest absolute Gasteiger partial charge is 0.0780 e. The highest BCUT2D eigenvalue weighted by Gasteiger charge is 2.04. The van der Waals surface area contributed by atoms with Crippen LogP contribution >= 0.6 is 0 Å². The third kappa shape index (κ3) is 26.5. The average Bonchev–Trinajstić information content (AvgIpc) is 2.40. The van der Waals surface area contributed by atoms with E-state index in [1.807, 2.05) is 6.92 Å². The van der Waals surface area contributed by atoms with Crippen LogP contribution in [0.1, 0.15) is 84.5 Å². The van der Waals surface area contributed by atoms with Crippen LogP contribution in [-0.4, -0.2) is 38.8 Å². The van der Waals surface area contributed by atoms with E-state index in [-0.39, 0.29) is 6.61 Å². The number of hydrogen-bond donors (Lipinski definition) is 0. The van der Waals surface area contributed by atoms with E-state index in [1.54, 1.807) is 0 Å². The zero-order chi connectivity index (χ0) is 15.7. The van der Waals surface area contributed by atoms with Crippen LogP contribution in [0.5, 0.6) is 0 Å². The molecule has 0 radical (unpaired) electrons. The summed E-state index contributed by atoms with van der Waals surface area (Å²) in [5.74, 6) is 0. The molecule has 0 aliphatic rings. The average molecular weight is 288 g/mol. The Balaban J connectivity index is 0.